The number of amides is 1. The van der Waals surface area contributed by atoms with Crippen LogP contribution in [-0.4, -0.2) is 12.5 Å². The minimum Gasteiger partial charge on any atom is -0.348 e. The van der Waals surface area contributed by atoms with Gasteiger partial charge in [0.05, 0.1) is 12.1 Å². The van der Waals surface area contributed by atoms with Crippen LogP contribution in [0.5, 0.6) is 0 Å². The van der Waals surface area contributed by atoms with Crippen LogP contribution in [0.3, 0.4) is 0 Å². The lowest BCUT2D eigenvalue weighted by Crippen LogP contribution is -2.23. The van der Waals surface area contributed by atoms with Gasteiger partial charge in [0.2, 0.25) is 0 Å². The van der Waals surface area contributed by atoms with E-state index in [9.17, 15) is 9.18 Å². The van der Waals surface area contributed by atoms with Crippen molar-refractivity contribution in [1.82, 2.24) is 5.32 Å². The minimum atomic E-state index is -0.593. The Labute approximate surface area is 123 Å². The second-order valence-electron chi connectivity index (χ2n) is 4.37. The first-order valence-corrected chi connectivity index (χ1v) is 6.51. The Morgan fingerprint density at radius 3 is 2.62 bits per heavy atom. The van der Waals surface area contributed by atoms with Gasteiger partial charge in [-0.05, 0) is 23.8 Å². The Balaban J connectivity index is 2.05. The highest BCUT2D eigenvalue weighted by molar-refractivity contribution is 5.94. The van der Waals surface area contributed by atoms with Crippen LogP contribution in [0.2, 0.25) is 0 Å². The normalized spacial score (nSPS) is 9.62. The molecule has 2 aromatic rings. The van der Waals surface area contributed by atoms with Crippen molar-refractivity contribution in [3.05, 3.63) is 71.0 Å². The third-order valence-corrected chi connectivity index (χ3v) is 2.84. The Kier molecular flexibility index (Phi) is 5.08. The van der Waals surface area contributed by atoms with Crippen LogP contribution < -0.4 is 11.1 Å². The van der Waals surface area contributed by atoms with Crippen LogP contribution in [0.4, 0.5) is 4.39 Å². The molecule has 3 N–H and O–H groups in total. The lowest BCUT2D eigenvalue weighted by atomic mass is 10.1. The largest absolute Gasteiger partial charge is 0.348 e. The number of hydrogen-bond donors (Lipinski definition) is 2. The molecule has 0 fully saturated rings. The number of benzene rings is 2. The van der Waals surface area contributed by atoms with Gasteiger partial charge in [0.25, 0.3) is 5.91 Å². The molecule has 0 bridgehead atoms. The van der Waals surface area contributed by atoms with Gasteiger partial charge in [-0.2, -0.15) is 0 Å². The van der Waals surface area contributed by atoms with Crippen LogP contribution in [0.15, 0.2) is 48.5 Å². The van der Waals surface area contributed by atoms with Gasteiger partial charge in [-0.3, -0.25) is 4.79 Å². The fraction of sp³-hybridized carbons (Fsp3) is 0.118. The molecule has 0 spiro atoms. The van der Waals surface area contributed by atoms with E-state index in [-0.39, 0.29) is 12.1 Å². The maximum Gasteiger partial charge on any atom is 0.254 e. The summed E-state index contributed by atoms with van der Waals surface area (Å²) in [6, 6.07) is 13.7. The minimum absolute atomic E-state index is 0.00392. The number of nitrogens with two attached hydrogens (primary N) is 1. The number of hydrogen-bond acceptors (Lipinski definition) is 2. The molecule has 1 amide bonds. The highest BCUT2D eigenvalue weighted by atomic mass is 19.1. The van der Waals surface area contributed by atoms with Crippen LogP contribution in [0.1, 0.15) is 21.5 Å². The molecule has 0 saturated heterocycles. The van der Waals surface area contributed by atoms with Crippen molar-refractivity contribution in [2.75, 3.05) is 6.54 Å². The second kappa shape index (κ2) is 7.22. The molecule has 0 atom stereocenters. The molecule has 21 heavy (non-hydrogen) atoms. The van der Waals surface area contributed by atoms with E-state index in [2.05, 4.69) is 17.2 Å². The topological polar surface area (TPSA) is 55.1 Å². The van der Waals surface area contributed by atoms with Crippen molar-refractivity contribution in [2.24, 2.45) is 5.73 Å². The lowest BCUT2D eigenvalue weighted by molar-refractivity contribution is 0.0947. The summed E-state index contributed by atoms with van der Waals surface area (Å²) in [5, 5.41) is 2.68. The molecule has 0 aliphatic carbocycles. The average molecular weight is 282 g/mol. The standard InChI is InChI=1S/C17H15FN2O/c18-16-11-13(7-4-10-19)8-9-15(16)17(21)20-12-14-5-2-1-3-6-14/h1-3,5-6,8-9,11H,10,12,19H2,(H,20,21). The van der Waals surface area contributed by atoms with Crippen LogP contribution >= 0.6 is 0 Å². The third kappa shape index (κ3) is 4.16. The van der Waals surface area contributed by atoms with Crippen molar-refractivity contribution in [1.29, 1.82) is 0 Å². The van der Waals surface area contributed by atoms with Crippen molar-refractivity contribution < 1.29 is 9.18 Å². The van der Waals surface area contributed by atoms with E-state index in [1.807, 2.05) is 30.3 Å². The summed E-state index contributed by atoms with van der Waals surface area (Å²) in [5.74, 6) is 4.32. The SMILES string of the molecule is NCC#Cc1ccc(C(=O)NCc2ccccc2)c(F)c1. The van der Waals surface area contributed by atoms with Gasteiger partial charge in [-0.25, -0.2) is 4.39 Å². The average Bonchev–Trinajstić information content (AvgIpc) is 2.51. The molecule has 4 heteroatoms. The summed E-state index contributed by atoms with van der Waals surface area (Å²) in [6.45, 7) is 0.564. The number of nitrogens with one attached hydrogen (secondary N) is 1. The van der Waals surface area contributed by atoms with E-state index in [1.54, 1.807) is 6.07 Å². The summed E-state index contributed by atoms with van der Waals surface area (Å²) in [4.78, 5) is 12.0. The first-order valence-electron chi connectivity index (χ1n) is 6.51. The zero-order chi connectivity index (χ0) is 15.1. The quantitative estimate of drug-likeness (QED) is 0.847. The Morgan fingerprint density at radius 2 is 1.95 bits per heavy atom. The predicted octanol–water partition coefficient (Wildman–Crippen LogP) is 2.07. The van der Waals surface area contributed by atoms with Crippen LogP contribution in [0, 0.1) is 17.7 Å². The molecule has 0 aliphatic rings. The second-order valence-corrected chi connectivity index (χ2v) is 4.37. The highest BCUT2D eigenvalue weighted by Crippen LogP contribution is 2.10. The Hall–Kier alpha value is -2.64. The van der Waals surface area contributed by atoms with E-state index in [0.29, 0.717) is 12.1 Å². The molecule has 0 aromatic heterocycles. The molecule has 2 rings (SSSR count). The molecule has 2 aromatic carbocycles. The predicted molar refractivity (Wildman–Crippen MR) is 79.9 cm³/mol. The van der Waals surface area contributed by atoms with E-state index < -0.39 is 11.7 Å². The molecule has 106 valence electrons. The van der Waals surface area contributed by atoms with E-state index >= 15 is 0 Å². The fourth-order valence-electron chi connectivity index (χ4n) is 1.80. The van der Waals surface area contributed by atoms with Crippen molar-refractivity contribution in [2.45, 2.75) is 6.54 Å². The molecule has 3 nitrogen and oxygen atoms in total. The van der Waals surface area contributed by atoms with Gasteiger partial charge >= 0.3 is 0 Å². The van der Waals surface area contributed by atoms with Gasteiger partial charge < -0.3 is 11.1 Å². The van der Waals surface area contributed by atoms with Gasteiger partial charge in [0.15, 0.2) is 0 Å². The number of halogens is 1. The summed E-state index contributed by atoms with van der Waals surface area (Å²) >= 11 is 0. The molecular formula is C17H15FN2O. The van der Waals surface area contributed by atoms with Gasteiger partial charge in [-0.15, -0.1) is 0 Å². The monoisotopic (exact) mass is 282 g/mol. The number of carbonyl (C=O) groups excluding carboxylic acids is 1. The van der Waals surface area contributed by atoms with Crippen LogP contribution in [0.25, 0.3) is 0 Å². The van der Waals surface area contributed by atoms with Gasteiger partial charge in [-0.1, -0.05) is 42.2 Å². The van der Waals surface area contributed by atoms with Crippen LogP contribution in [-0.2, 0) is 6.54 Å². The number of rotatable bonds is 3. The fourth-order valence-corrected chi connectivity index (χ4v) is 1.80. The van der Waals surface area contributed by atoms with Gasteiger partial charge in [0, 0.05) is 12.1 Å². The first-order chi connectivity index (χ1) is 10.2. The number of carbonyl (C=O) groups is 1. The van der Waals surface area contributed by atoms with E-state index in [1.165, 1.54) is 12.1 Å². The Bertz CT molecular complexity index is 687. The first kappa shape index (κ1) is 14.8. The van der Waals surface area contributed by atoms with Gasteiger partial charge in [0.1, 0.15) is 5.82 Å². The van der Waals surface area contributed by atoms with Crippen molar-refractivity contribution in [3.8, 4) is 11.8 Å². The van der Waals surface area contributed by atoms with Crippen molar-refractivity contribution in [3.63, 3.8) is 0 Å². The summed E-state index contributed by atoms with van der Waals surface area (Å²) in [5.41, 5.74) is 6.71. The highest BCUT2D eigenvalue weighted by Gasteiger charge is 2.11. The van der Waals surface area contributed by atoms with E-state index in [4.69, 9.17) is 5.73 Å². The summed E-state index contributed by atoms with van der Waals surface area (Å²) < 4.78 is 13.9. The summed E-state index contributed by atoms with van der Waals surface area (Å²) in [6.07, 6.45) is 0. The van der Waals surface area contributed by atoms with Crippen molar-refractivity contribution >= 4 is 5.91 Å². The maximum atomic E-state index is 13.9. The molecule has 0 radical (unpaired) electrons. The molecule has 0 saturated carbocycles. The third-order valence-electron chi connectivity index (χ3n) is 2.84. The smallest absolute Gasteiger partial charge is 0.254 e. The lowest BCUT2D eigenvalue weighted by Gasteiger charge is -2.06. The van der Waals surface area contributed by atoms with E-state index in [0.717, 1.165) is 5.56 Å². The molecule has 0 unspecified atom stereocenters. The Morgan fingerprint density at radius 1 is 1.19 bits per heavy atom. The molecule has 0 heterocycles. The summed E-state index contributed by atoms with van der Waals surface area (Å²) in [7, 11) is 0. The maximum absolute atomic E-state index is 13.9. The molecule has 0 aliphatic heterocycles. The molecular weight excluding hydrogens is 267 g/mol. The zero-order valence-electron chi connectivity index (χ0n) is 11.4. The zero-order valence-corrected chi connectivity index (χ0v) is 11.4.